The molecule has 0 spiro atoms. The van der Waals surface area contributed by atoms with Crippen molar-refractivity contribution in [2.45, 2.75) is 19.9 Å². The lowest BCUT2D eigenvalue weighted by Gasteiger charge is -2.29. The number of amides is 1. The van der Waals surface area contributed by atoms with Gasteiger partial charge in [-0.3, -0.25) is 14.4 Å². The molecule has 0 aliphatic carbocycles. The van der Waals surface area contributed by atoms with Gasteiger partial charge < -0.3 is 19.3 Å². The van der Waals surface area contributed by atoms with Crippen molar-refractivity contribution in [3.8, 4) is 11.5 Å². The Hall–Kier alpha value is -3.19. The summed E-state index contributed by atoms with van der Waals surface area (Å²) in [6, 6.07) is 11.7. The first-order chi connectivity index (χ1) is 15.3. The summed E-state index contributed by atoms with van der Waals surface area (Å²) in [6.07, 6.45) is 0. The maximum Gasteiger partial charge on any atom is 0.291 e. The topological polar surface area (TPSA) is 76.1 Å². The van der Waals surface area contributed by atoms with Crippen LogP contribution in [0.25, 0.3) is 0 Å². The van der Waals surface area contributed by atoms with Crippen molar-refractivity contribution in [3.63, 3.8) is 0 Å². The molecule has 1 aliphatic rings. The largest absolute Gasteiger partial charge is 0.497 e. The second-order valence-corrected chi connectivity index (χ2v) is 8.10. The average Bonchev–Trinajstić information content (AvgIpc) is 3.02. The molecule has 1 aliphatic heterocycles. The standard InChI is InChI=1S/C25H30N2O5/c1-6-32-20-10-8-7-9-19(20)22-21(24(29)25(30)27(22)14-13-26(3)4)23(28)18-12-11-17(31-5)15-16(18)2/h7-12,15,21-22H,6,13-14H2,1-5H3. The fraction of sp³-hybridized carbons (Fsp3) is 0.400. The molecule has 0 saturated carbocycles. The van der Waals surface area contributed by atoms with E-state index >= 15 is 0 Å². The highest BCUT2D eigenvalue weighted by molar-refractivity contribution is 6.44. The van der Waals surface area contributed by atoms with Gasteiger partial charge in [0.2, 0.25) is 5.78 Å². The second-order valence-electron chi connectivity index (χ2n) is 8.10. The van der Waals surface area contributed by atoms with Crippen molar-refractivity contribution < 1.29 is 23.9 Å². The Balaban J connectivity index is 2.11. The molecular weight excluding hydrogens is 408 g/mol. The van der Waals surface area contributed by atoms with Crippen LogP contribution >= 0.6 is 0 Å². The number of nitrogens with zero attached hydrogens (tertiary/aromatic N) is 2. The van der Waals surface area contributed by atoms with Gasteiger partial charge in [0.05, 0.1) is 19.8 Å². The summed E-state index contributed by atoms with van der Waals surface area (Å²) in [7, 11) is 5.35. The molecule has 170 valence electrons. The molecule has 0 bridgehead atoms. The van der Waals surface area contributed by atoms with Crippen LogP contribution < -0.4 is 9.47 Å². The zero-order valence-corrected chi connectivity index (χ0v) is 19.3. The van der Waals surface area contributed by atoms with Crippen molar-refractivity contribution in [1.29, 1.82) is 0 Å². The number of hydrogen-bond acceptors (Lipinski definition) is 6. The second kappa shape index (κ2) is 9.96. The molecule has 1 fully saturated rings. The molecule has 7 nitrogen and oxygen atoms in total. The van der Waals surface area contributed by atoms with Gasteiger partial charge >= 0.3 is 0 Å². The van der Waals surface area contributed by atoms with Crippen molar-refractivity contribution in [2.75, 3.05) is 40.9 Å². The highest BCUT2D eigenvalue weighted by Gasteiger charge is 2.52. The van der Waals surface area contributed by atoms with Crippen molar-refractivity contribution in [2.24, 2.45) is 5.92 Å². The molecule has 1 heterocycles. The van der Waals surface area contributed by atoms with Gasteiger partial charge in [-0.2, -0.15) is 0 Å². The molecular formula is C25H30N2O5. The van der Waals surface area contributed by atoms with Crippen molar-refractivity contribution in [3.05, 3.63) is 59.2 Å². The zero-order chi connectivity index (χ0) is 23.4. The van der Waals surface area contributed by atoms with Gasteiger partial charge in [0.1, 0.15) is 17.4 Å². The Bertz CT molecular complexity index is 1020. The molecule has 0 radical (unpaired) electrons. The minimum atomic E-state index is -1.14. The Morgan fingerprint density at radius 1 is 1.12 bits per heavy atom. The molecule has 32 heavy (non-hydrogen) atoms. The Kier molecular flexibility index (Phi) is 7.30. The molecule has 0 N–H and O–H groups in total. The number of ether oxygens (including phenoxy) is 2. The number of Topliss-reactive ketones (excluding diaryl/α,β-unsaturated/α-hetero) is 2. The van der Waals surface area contributed by atoms with Crippen LogP contribution in [0.2, 0.25) is 0 Å². The predicted molar refractivity (Wildman–Crippen MR) is 121 cm³/mol. The highest BCUT2D eigenvalue weighted by Crippen LogP contribution is 2.42. The summed E-state index contributed by atoms with van der Waals surface area (Å²) in [4.78, 5) is 43.3. The fourth-order valence-corrected chi connectivity index (χ4v) is 4.10. The summed E-state index contributed by atoms with van der Waals surface area (Å²) in [5.41, 5.74) is 1.76. The third kappa shape index (κ3) is 4.53. The van der Waals surface area contributed by atoms with Gasteiger partial charge in [-0.25, -0.2) is 0 Å². The average molecular weight is 439 g/mol. The number of hydrogen-bond donors (Lipinski definition) is 0. The smallest absolute Gasteiger partial charge is 0.291 e. The van der Waals surface area contributed by atoms with Crippen LogP contribution in [0.5, 0.6) is 11.5 Å². The van der Waals surface area contributed by atoms with Crippen molar-refractivity contribution in [1.82, 2.24) is 9.80 Å². The normalized spacial score (nSPS) is 18.4. The maximum absolute atomic E-state index is 13.7. The van der Waals surface area contributed by atoms with Crippen molar-refractivity contribution >= 4 is 17.5 Å². The molecule has 2 aromatic carbocycles. The van der Waals surface area contributed by atoms with E-state index in [-0.39, 0.29) is 5.78 Å². The minimum Gasteiger partial charge on any atom is -0.497 e. The summed E-state index contributed by atoms with van der Waals surface area (Å²) >= 11 is 0. The fourth-order valence-electron chi connectivity index (χ4n) is 4.10. The first-order valence-electron chi connectivity index (χ1n) is 10.7. The molecule has 2 atom stereocenters. The first kappa shape index (κ1) is 23.5. The lowest BCUT2D eigenvalue weighted by molar-refractivity contribution is -0.140. The van der Waals surface area contributed by atoms with E-state index in [0.717, 1.165) is 0 Å². The monoisotopic (exact) mass is 438 g/mol. The summed E-state index contributed by atoms with van der Waals surface area (Å²) in [6.45, 7) is 4.99. The summed E-state index contributed by atoms with van der Waals surface area (Å²) < 4.78 is 11.0. The van der Waals surface area contributed by atoms with Crippen LogP contribution in [0.4, 0.5) is 0 Å². The van der Waals surface area contributed by atoms with Gasteiger partial charge in [0, 0.05) is 24.2 Å². The Morgan fingerprint density at radius 2 is 1.84 bits per heavy atom. The van der Waals surface area contributed by atoms with E-state index in [4.69, 9.17) is 9.47 Å². The number of carbonyl (C=O) groups is 3. The van der Waals surface area contributed by atoms with E-state index in [1.807, 2.05) is 44.1 Å². The molecule has 3 rings (SSSR count). The third-order valence-corrected chi connectivity index (χ3v) is 5.71. The molecule has 2 unspecified atom stereocenters. The number of para-hydroxylation sites is 1. The Morgan fingerprint density at radius 3 is 2.47 bits per heavy atom. The molecule has 7 heteroatoms. The van der Waals surface area contributed by atoms with Crippen LogP contribution in [0.1, 0.15) is 34.5 Å². The number of aryl methyl sites for hydroxylation is 1. The van der Waals surface area contributed by atoms with E-state index in [9.17, 15) is 14.4 Å². The van der Waals surface area contributed by atoms with Gasteiger partial charge in [-0.15, -0.1) is 0 Å². The van der Waals surface area contributed by atoms with Gasteiger partial charge in [-0.1, -0.05) is 18.2 Å². The molecule has 1 amide bonds. The molecule has 2 aromatic rings. The van der Waals surface area contributed by atoms with Gasteiger partial charge in [0.25, 0.3) is 5.91 Å². The molecule has 0 aromatic heterocycles. The van der Waals surface area contributed by atoms with Gasteiger partial charge in [0.15, 0.2) is 5.78 Å². The zero-order valence-electron chi connectivity index (χ0n) is 19.3. The SMILES string of the molecule is CCOc1ccccc1C1C(C(=O)c2ccc(OC)cc2C)C(=O)C(=O)N1CCN(C)C. The third-order valence-electron chi connectivity index (χ3n) is 5.71. The maximum atomic E-state index is 13.7. The van der Waals surface area contributed by atoms with Gasteiger partial charge in [-0.05, 0) is 57.8 Å². The van der Waals surface area contributed by atoms with Crippen LogP contribution in [0.3, 0.4) is 0 Å². The number of likely N-dealkylation sites (N-methyl/N-ethyl adjacent to an activating group) is 1. The number of ketones is 2. The lowest BCUT2D eigenvalue weighted by atomic mass is 9.84. The van der Waals surface area contributed by atoms with E-state index in [2.05, 4.69) is 0 Å². The Labute approximate surface area is 188 Å². The van der Waals surface area contributed by atoms with E-state index in [1.165, 1.54) is 4.90 Å². The highest BCUT2D eigenvalue weighted by atomic mass is 16.5. The van der Waals surface area contributed by atoms with E-state index in [1.54, 1.807) is 38.3 Å². The lowest BCUT2D eigenvalue weighted by Crippen LogP contribution is -2.36. The first-order valence-corrected chi connectivity index (χ1v) is 10.7. The summed E-state index contributed by atoms with van der Waals surface area (Å²) in [5.74, 6) is -1.63. The van der Waals surface area contributed by atoms with Crippen LogP contribution in [0, 0.1) is 12.8 Å². The van der Waals surface area contributed by atoms with Crippen LogP contribution in [-0.2, 0) is 9.59 Å². The predicted octanol–water partition coefficient (Wildman–Crippen LogP) is 2.92. The number of carbonyl (C=O) groups excluding carboxylic acids is 3. The quantitative estimate of drug-likeness (QED) is 0.340. The minimum absolute atomic E-state index is 0.327. The summed E-state index contributed by atoms with van der Waals surface area (Å²) in [5, 5.41) is 0. The van der Waals surface area contributed by atoms with Crippen LogP contribution in [0.15, 0.2) is 42.5 Å². The van der Waals surface area contributed by atoms with Crippen LogP contribution in [-0.4, -0.2) is 68.2 Å². The number of rotatable bonds is 9. The number of benzene rings is 2. The number of likely N-dealkylation sites (tertiary alicyclic amines) is 1. The number of methoxy groups -OCH3 is 1. The molecule has 1 saturated heterocycles. The van der Waals surface area contributed by atoms with E-state index < -0.39 is 23.7 Å². The van der Waals surface area contributed by atoms with E-state index in [0.29, 0.717) is 47.9 Å².